The molecule has 1 aliphatic rings. The topological polar surface area (TPSA) is 9.23 Å². The molecule has 0 bridgehead atoms. The maximum absolute atomic E-state index is 6.74. The fourth-order valence-corrected chi connectivity index (χ4v) is 5.13. The molecule has 1 aliphatic heterocycles. The van der Waals surface area contributed by atoms with Crippen LogP contribution in [0.4, 0.5) is 0 Å². The number of fused-ring (bicyclic) bond motifs is 1. The SMILES string of the molecule is Cc1ccc(/C=C/c2cc(C)cc3c2C(c2cc(C)cc(C)c2)C(c2ccc(C)cc2)O3)cc1. The summed E-state index contributed by atoms with van der Waals surface area (Å²) in [6.07, 6.45) is 4.42. The van der Waals surface area contributed by atoms with Crippen molar-refractivity contribution >= 4 is 12.2 Å². The second-order valence-corrected chi connectivity index (χ2v) is 9.86. The van der Waals surface area contributed by atoms with E-state index in [-0.39, 0.29) is 12.0 Å². The van der Waals surface area contributed by atoms with Gasteiger partial charge in [0.05, 0.1) is 5.92 Å². The lowest BCUT2D eigenvalue weighted by molar-refractivity contribution is 0.222. The first kappa shape index (κ1) is 22.2. The summed E-state index contributed by atoms with van der Waals surface area (Å²) < 4.78 is 6.74. The molecule has 2 atom stereocenters. The van der Waals surface area contributed by atoms with Crippen LogP contribution in [-0.4, -0.2) is 0 Å². The minimum absolute atomic E-state index is 0.0508. The van der Waals surface area contributed by atoms with Crippen LogP contribution >= 0.6 is 0 Å². The van der Waals surface area contributed by atoms with Gasteiger partial charge < -0.3 is 4.74 Å². The van der Waals surface area contributed by atoms with Crippen molar-refractivity contribution in [3.05, 3.63) is 134 Å². The van der Waals surface area contributed by atoms with Gasteiger partial charge in [0.15, 0.2) is 0 Å². The zero-order valence-corrected chi connectivity index (χ0v) is 20.7. The Hall–Kier alpha value is -3.58. The van der Waals surface area contributed by atoms with E-state index in [9.17, 15) is 0 Å². The van der Waals surface area contributed by atoms with Crippen molar-refractivity contribution in [1.82, 2.24) is 0 Å². The zero-order chi connectivity index (χ0) is 23.8. The third-order valence-electron chi connectivity index (χ3n) is 6.73. The zero-order valence-electron chi connectivity index (χ0n) is 20.7. The number of benzene rings is 4. The average molecular weight is 445 g/mol. The van der Waals surface area contributed by atoms with Crippen LogP contribution in [0.3, 0.4) is 0 Å². The summed E-state index contributed by atoms with van der Waals surface area (Å²) in [5.74, 6) is 1.13. The van der Waals surface area contributed by atoms with Crippen LogP contribution in [0, 0.1) is 34.6 Å². The largest absolute Gasteiger partial charge is 0.484 e. The van der Waals surface area contributed by atoms with Crippen molar-refractivity contribution in [2.75, 3.05) is 0 Å². The highest BCUT2D eigenvalue weighted by Gasteiger charge is 2.38. The van der Waals surface area contributed by atoms with Crippen LogP contribution in [0.5, 0.6) is 5.75 Å². The van der Waals surface area contributed by atoms with Crippen LogP contribution in [0.15, 0.2) is 78.9 Å². The van der Waals surface area contributed by atoms with Gasteiger partial charge in [-0.05, 0) is 68.5 Å². The minimum atomic E-state index is -0.0508. The van der Waals surface area contributed by atoms with Gasteiger partial charge in [0.25, 0.3) is 0 Å². The van der Waals surface area contributed by atoms with E-state index in [0.29, 0.717) is 0 Å². The van der Waals surface area contributed by atoms with Crippen LogP contribution in [-0.2, 0) is 0 Å². The van der Waals surface area contributed by atoms with E-state index in [1.807, 2.05) is 0 Å². The molecule has 0 saturated heterocycles. The normalized spacial score (nSPS) is 17.1. The standard InChI is InChI=1S/C33H32O/c1-21-6-10-26(11-7-21)12-15-28-17-25(5)20-30-31(28)32(29-18-23(3)16-24(4)19-29)33(34-30)27-13-8-22(2)9-14-27/h6-20,32-33H,1-5H3/b15-12+. The van der Waals surface area contributed by atoms with E-state index in [1.54, 1.807) is 0 Å². The van der Waals surface area contributed by atoms with E-state index in [2.05, 4.69) is 126 Å². The number of ether oxygens (including phenoxy) is 1. The first-order valence-corrected chi connectivity index (χ1v) is 12.1. The quantitative estimate of drug-likeness (QED) is 0.286. The molecule has 1 heterocycles. The molecule has 34 heavy (non-hydrogen) atoms. The lowest BCUT2D eigenvalue weighted by Crippen LogP contribution is -2.12. The fourth-order valence-electron chi connectivity index (χ4n) is 5.13. The highest BCUT2D eigenvalue weighted by atomic mass is 16.5. The van der Waals surface area contributed by atoms with Crippen molar-refractivity contribution in [3.8, 4) is 5.75 Å². The van der Waals surface area contributed by atoms with Gasteiger partial charge in [-0.2, -0.15) is 0 Å². The molecule has 5 rings (SSSR count). The maximum Gasteiger partial charge on any atom is 0.135 e. The summed E-state index contributed by atoms with van der Waals surface area (Å²) in [5, 5.41) is 0. The van der Waals surface area contributed by atoms with Crippen molar-refractivity contribution in [3.63, 3.8) is 0 Å². The van der Waals surface area contributed by atoms with E-state index in [0.717, 1.165) is 5.75 Å². The Kier molecular flexibility index (Phi) is 5.87. The minimum Gasteiger partial charge on any atom is -0.484 e. The number of hydrogen-bond acceptors (Lipinski definition) is 1. The Bertz CT molecular complexity index is 1340. The summed E-state index contributed by atoms with van der Waals surface area (Å²) in [5.41, 5.74) is 12.6. The summed E-state index contributed by atoms with van der Waals surface area (Å²) in [4.78, 5) is 0. The lowest BCUT2D eigenvalue weighted by atomic mass is 9.81. The summed E-state index contributed by atoms with van der Waals surface area (Å²) in [6.45, 7) is 10.8. The molecular weight excluding hydrogens is 412 g/mol. The summed E-state index contributed by atoms with van der Waals surface area (Å²) in [7, 11) is 0. The van der Waals surface area contributed by atoms with Crippen molar-refractivity contribution in [2.24, 2.45) is 0 Å². The Morgan fingerprint density at radius 3 is 1.79 bits per heavy atom. The molecule has 0 amide bonds. The van der Waals surface area contributed by atoms with Gasteiger partial charge in [0.1, 0.15) is 11.9 Å². The van der Waals surface area contributed by atoms with Crippen LogP contribution < -0.4 is 4.74 Å². The summed E-state index contributed by atoms with van der Waals surface area (Å²) >= 11 is 0. The molecule has 1 nitrogen and oxygen atoms in total. The Balaban J connectivity index is 1.67. The molecule has 4 aromatic carbocycles. The number of rotatable bonds is 4. The van der Waals surface area contributed by atoms with Gasteiger partial charge in [-0.1, -0.05) is 107 Å². The van der Waals surface area contributed by atoms with Crippen molar-refractivity contribution < 1.29 is 4.74 Å². The predicted molar refractivity (Wildman–Crippen MR) is 144 cm³/mol. The maximum atomic E-state index is 6.74. The Labute approximate surface area is 203 Å². The van der Waals surface area contributed by atoms with Gasteiger partial charge >= 0.3 is 0 Å². The fraction of sp³-hybridized carbons (Fsp3) is 0.212. The molecule has 2 unspecified atom stereocenters. The number of hydrogen-bond donors (Lipinski definition) is 0. The van der Waals surface area contributed by atoms with E-state index in [4.69, 9.17) is 4.74 Å². The Morgan fingerprint density at radius 2 is 1.15 bits per heavy atom. The molecule has 0 saturated carbocycles. The molecule has 0 spiro atoms. The van der Waals surface area contributed by atoms with Crippen LogP contribution in [0.25, 0.3) is 12.2 Å². The first-order chi connectivity index (χ1) is 16.4. The van der Waals surface area contributed by atoms with Gasteiger partial charge in [-0.25, -0.2) is 0 Å². The Morgan fingerprint density at radius 1 is 0.559 bits per heavy atom. The van der Waals surface area contributed by atoms with E-state index >= 15 is 0 Å². The first-order valence-electron chi connectivity index (χ1n) is 12.1. The lowest BCUT2D eigenvalue weighted by Gasteiger charge is -2.22. The van der Waals surface area contributed by atoms with Gasteiger partial charge in [-0.3, -0.25) is 0 Å². The van der Waals surface area contributed by atoms with Gasteiger partial charge in [-0.15, -0.1) is 0 Å². The summed E-state index contributed by atoms with van der Waals surface area (Å²) in [6, 6.07) is 28.9. The third-order valence-corrected chi connectivity index (χ3v) is 6.73. The molecule has 170 valence electrons. The second kappa shape index (κ2) is 8.99. The molecule has 0 N–H and O–H groups in total. The monoisotopic (exact) mass is 444 g/mol. The second-order valence-electron chi connectivity index (χ2n) is 9.86. The highest BCUT2D eigenvalue weighted by Crippen LogP contribution is 2.52. The third kappa shape index (κ3) is 4.43. The molecule has 1 heteroatoms. The van der Waals surface area contributed by atoms with E-state index in [1.165, 1.54) is 55.6 Å². The number of aryl methyl sites for hydroxylation is 5. The smallest absolute Gasteiger partial charge is 0.135 e. The molecule has 0 aliphatic carbocycles. The van der Waals surface area contributed by atoms with Crippen molar-refractivity contribution in [2.45, 2.75) is 46.6 Å². The van der Waals surface area contributed by atoms with Crippen molar-refractivity contribution in [1.29, 1.82) is 0 Å². The van der Waals surface area contributed by atoms with Crippen LogP contribution in [0.2, 0.25) is 0 Å². The molecular formula is C33H32O. The molecule has 4 aromatic rings. The van der Waals surface area contributed by atoms with E-state index < -0.39 is 0 Å². The van der Waals surface area contributed by atoms with Crippen LogP contribution in [0.1, 0.15) is 67.7 Å². The highest BCUT2D eigenvalue weighted by molar-refractivity contribution is 5.75. The van der Waals surface area contributed by atoms with Gasteiger partial charge in [0, 0.05) is 5.56 Å². The average Bonchev–Trinajstić information content (AvgIpc) is 3.17. The predicted octanol–water partition coefficient (Wildman–Crippen LogP) is 8.66. The molecule has 0 aromatic heterocycles. The molecule has 0 fully saturated rings. The van der Waals surface area contributed by atoms with Gasteiger partial charge in [0.2, 0.25) is 0 Å². The molecule has 0 radical (unpaired) electrons.